The molecular weight excluding hydrogens is 340 g/mol. The summed E-state index contributed by atoms with van der Waals surface area (Å²) < 4.78 is 5.46. The van der Waals surface area contributed by atoms with Gasteiger partial charge in [-0.05, 0) is 79.7 Å². The molecule has 5 atom stereocenters. The molecule has 2 saturated carbocycles. The van der Waals surface area contributed by atoms with Crippen molar-refractivity contribution in [2.45, 2.75) is 65.4 Å². The average molecular weight is 367 g/mol. The molecule has 0 radical (unpaired) electrons. The first-order valence-corrected chi connectivity index (χ1v) is 9.56. The van der Waals surface area contributed by atoms with Crippen LogP contribution in [0.15, 0.2) is 22.2 Å². The van der Waals surface area contributed by atoms with E-state index < -0.39 is 0 Å². The molecule has 3 heteroatoms. The topological polar surface area (TPSA) is 26.3 Å². The minimum atomic E-state index is -0.130. The Hall–Kier alpha value is -0.570. The van der Waals surface area contributed by atoms with Crippen molar-refractivity contribution in [1.29, 1.82) is 0 Å². The van der Waals surface area contributed by atoms with Gasteiger partial charge in [0.2, 0.25) is 0 Å². The number of esters is 1. The summed E-state index contributed by atoms with van der Waals surface area (Å²) in [6, 6.07) is 0. The summed E-state index contributed by atoms with van der Waals surface area (Å²) in [5, 5.41) is 0. The van der Waals surface area contributed by atoms with Crippen molar-refractivity contribution in [1.82, 2.24) is 0 Å². The van der Waals surface area contributed by atoms with Gasteiger partial charge in [0.15, 0.2) is 0 Å². The summed E-state index contributed by atoms with van der Waals surface area (Å²) in [5.41, 5.74) is 2.82. The minimum Gasteiger partial charge on any atom is -0.455 e. The van der Waals surface area contributed by atoms with Crippen molar-refractivity contribution in [3.63, 3.8) is 0 Å². The van der Waals surface area contributed by atoms with Gasteiger partial charge in [0.1, 0.15) is 6.10 Å². The molecule has 0 spiro atoms. The van der Waals surface area contributed by atoms with Gasteiger partial charge in [0, 0.05) is 5.57 Å². The van der Waals surface area contributed by atoms with Crippen LogP contribution in [0.4, 0.5) is 0 Å². The van der Waals surface area contributed by atoms with Gasteiger partial charge in [-0.3, -0.25) is 0 Å². The Labute approximate surface area is 142 Å². The maximum Gasteiger partial charge on any atom is 0.334 e. The van der Waals surface area contributed by atoms with Gasteiger partial charge in [0.25, 0.3) is 0 Å². The van der Waals surface area contributed by atoms with Crippen molar-refractivity contribution in [2.24, 2.45) is 23.2 Å². The fraction of sp³-hybridized carbons (Fsp3) is 0.737. The van der Waals surface area contributed by atoms with E-state index in [1.807, 2.05) is 13.0 Å². The second-order valence-electron chi connectivity index (χ2n) is 7.79. The lowest BCUT2D eigenvalue weighted by Crippen LogP contribution is -2.36. The molecule has 2 fully saturated rings. The molecule has 122 valence electrons. The maximum absolute atomic E-state index is 11.6. The van der Waals surface area contributed by atoms with E-state index >= 15 is 0 Å². The third kappa shape index (κ3) is 2.70. The third-order valence-electron chi connectivity index (χ3n) is 6.49. The van der Waals surface area contributed by atoms with Gasteiger partial charge >= 0.3 is 5.97 Å². The largest absolute Gasteiger partial charge is 0.455 e. The number of hydrogen-bond donors (Lipinski definition) is 0. The van der Waals surface area contributed by atoms with Crippen LogP contribution in [0.3, 0.4) is 0 Å². The summed E-state index contributed by atoms with van der Waals surface area (Å²) in [7, 11) is 0. The van der Waals surface area contributed by atoms with Crippen LogP contribution in [0.2, 0.25) is 0 Å². The van der Waals surface area contributed by atoms with Gasteiger partial charge in [-0.2, -0.15) is 0 Å². The Morgan fingerprint density at radius 2 is 2.27 bits per heavy atom. The third-order valence-corrected chi connectivity index (χ3v) is 7.07. The minimum absolute atomic E-state index is 0.0000665. The van der Waals surface area contributed by atoms with E-state index in [-0.39, 0.29) is 12.1 Å². The first-order valence-electron chi connectivity index (χ1n) is 8.64. The molecule has 1 aliphatic heterocycles. The highest BCUT2D eigenvalue weighted by atomic mass is 79.9. The number of allylic oxidation sites excluding steroid dienone is 1. The number of rotatable bonds is 3. The van der Waals surface area contributed by atoms with Gasteiger partial charge in [-0.1, -0.05) is 35.4 Å². The summed E-state index contributed by atoms with van der Waals surface area (Å²) in [4.78, 5) is 13.7. The predicted molar refractivity (Wildman–Crippen MR) is 92.6 cm³/mol. The molecule has 22 heavy (non-hydrogen) atoms. The van der Waals surface area contributed by atoms with Crippen LogP contribution in [0.5, 0.6) is 0 Å². The molecule has 0 bridgehead atoms. The van der Waals surface area contributed by atoms with Gasteiger partial charge < -0.3 is 4.74 Å². The second-order valence-corrected chi connectivity index (χ2v) is 8.24. The molecule has 0 amide bonds. The van der Waals surface area contributed by atoms with Crippen molar-refractivity contribution in [3.8, 4) is 0 Å². The van der Waals surface area contributed by atoms with Crippen LogP contribution in [0.25, 0.3) is 0 Å². The number of cyclic esters (lactones) is 1. The van der Waals surface area contributed by atoms with Gasteiger partial charge in [0.05, 0.1) is 0 Å². The SMILES string of the molecule is CC1=C[C@@H](C[C@@H](C)[C@H]2CCC3C(=CBr)CCC[C@@]32C)OC1=O. The van der Waals surface area contributed by atoms with Crippen LogP contribution in [0.1, 0.15) is 59.3 Å². The fourth-order valence-electron chi connectivity index (χ4n) is 5.40. The number of halogens is 1. The highest BCUT2D eigenvalue weighted by Gasteiger charge is 2.50. The second kappa shape index (κ2) is 6.14. The molecule has 1 heterocycles. The standard InChI is InChI=1S/C19H27BrO2/c1-12(9-15-10-13(2)18(21)22-15)16-6-7-17-14(11-20)5-4-8-19(16,17)3/h10-12,15-17H,4-9H2,1-3H3/t12-,15-,16-,17?,19-/m1/s1. The number of hydrogen-bond acceptors (Lipinski definition) is 2. The zero-order valence-electron chi connectivity index (χ0n) is 13.9. The Balaban J connectivity index is 1.71. The molecule has 3 rings (SSSR count). The fourth-order valence-corrected chi connectivity index (χ4v) is 5.95. The monoisotopic (exact) mass is 366 g/mol. The summed E-state index contributed by atoms with van der Waals surface area (Å²) in [6.07, 6.45) is 9.54. The molecule has 0 aromatic carbocycles. The van der Waals surface area contributed by atoms with Crippen molar-refractivity contribution < 1.29 is 9.53 Å². The normalized spacial score (nSPS) is 41.3. The number of fused-ring (bicyclic) bond motifs is 1. The van der Waals surface area contributed by atoms with E-state index in [1.165, 1.54) is 32.1 Å². The van der Waals surface area contributed by atoms with E-state index in [2.05, 4.69) is 34.8 Å². The van der Waals surface area contributed by atoms with Gasteiger partial charge in [-0.25, -0.2) is 4.79 Å². The summed E-state index contributed by atoms with van der Waals surface area (Å²) >= 11 is 3.59. The predicted octanol–water partition coefficient (Wildman–Crippen LogP) is 5.38. The molecule has 0 aromatic rings. The van der Waals surface area contributed by atoms with Crippen molar-refractivity contribution >= 4 is 21.9 Å². The van der Waals surface area contributed by atoms with Crippen molar-refractivity contribution in [3.05, 3.63) is 22.2 Å². The Morgan fingerprint density at radius 3 is 2.91 bits per heavy atom. The molecule has 2 nitrogen and oxygen atoms in total. The first-order chi connectivity index (χ1) is 10.5. The van der Waals surface area contributed by atoms with Crippen LogP contribution in [-0.2, 0) is 9.53 Å². The number of ether oxygens (including phenoxy) is 1. The van der Waals surface area contributed by atoms with Gasteiger partial charge in [-0.15, -0.1) is 0 Å². The first kappa shape index (κ1) is 16.3. The average Bonchev–Trinajstić information content (AvgIpc) is 2.98. The number of carbonyl (C=O) groups is 1. The van der Waals surface area contributed by atoms with E-state index in [0.717, 1.165) is 23.8 Å². The summed E-state index contributed by atoms with van der Waals surface area (Å²) in [6.45, 7) is 6.72. The lowest BCUT2D eigenvalue weighted by atomic mass is 9.61. The molecule has 2 aliphatic carbocycles. The zero-order valence-corrected chi connectivity index (χ0v) is 15.5. The Kier molecular flexibility index (Phi) is 4.55. The lowest BCUT2D eigenvalue weighted by Gasteiger charge is -2.44. The molecule has 3 aliphatic rings. The zero-order chi connectivity index (χ0) is 15.9. The molecular formula is C19H27BrO2. The molecule has 1 unspecified atom stereocenters. The van der Waals surface area contributed by atoms with E-state index in [1.54, 1.807) is 5.57 Å². The molecule has 0 aromatic heterocycles. The van der Waals surface area contributed by atoms with Crippen molar-refractivity contribution in [2.75, 3.05) is 0 Å². The van der Waals surface area contributed by atoms with Crippen LogP contribution >= 0.6 is 15.9 Å². The van der Waals surface area contributed by atoms with Crippen LogP contribution in [0, 0.1) is 23.2 Å². The molecule has 0 saturated heterocycles. The summed E-state index contributed by atoms with van der Waals surface area (Å²) in [5.74, 6) is 1.96. The Bertz CT molecular complexity index is 522. The van der Waals surface area contributed by atoms with Crippen LogP contribution < -0.4 is 0 Å². The van der Waals surface area contributed by atoms with E-state index in [4.69, 9.17) is 4.74 Å². The smallest absolute Gasteiger partial charge is 0.334 e. The van der Waals surface area contributed by atoms with Crippen LogP contribution in [-0.4, -0.2) is 12.1 Å². The highest BCUT2D eigenvalue weighted by Crippen LogP contribution is 2.60. The highest BCUT2D eigenvalue weighted by molar-refractivity contribution is 9.11. The van der Waals surface area contributed by atoms with E-state index in [0.29, 0.717) is 11.3 Å². The van der Waals surface area contributed by atoms with E-state index in [9.17, 15) is 4.79 Å². The Morgan fingerprint density at radius 1 is 1.50 bits per heavy atom. The maximum atomic E-state index is 11.6. The lowest BCUT2D eigenvalue weighted by molar-refractivity contribution is -0.140. The number of carbonyl (C=O) groups excluding carboxylic acids is 1. The molecule has 0 N–H and O–H groups in total. The quantitative estimate of drug-likeness (QED) is 0.626.